The van der Waals surface area contributed by atoms with Gasteiger partial charge in [0.1, 0.15) is 12.6 Å². The Morgan fingerprint density at radius 1 is 0.875 bits per heavy atom. The first-order valence-corrected chi connectivity index (χ1v) is 15.2. The highest BCUT2D eigenvalue weighted by molar-refractivity contribution is 7.92. The van der Waals surface area contributed by atoms with Gasteiger partial charge in [-0.3, -0.25) is 13.9 Å². The summed E-state index contributed by atoms with van der Waals surface area (Å²) in [6.45, 7) is 8.16. The summed E-state index contributed by atoms with van der Waals surface area (Å²) in [7, 11) is -4.21. The summed E-state index contributed by atoms with van der Waals surface area (Å²) in [5.41, 5.74) is 2.29. The van der Waals surface area contributed by atoms with Crippen molar-refractivity contribution in [1.29, 1.82) is 0 Å². The van der Waals surface area contributed by atoms with Crippen LogP contribution in [-0.2, 0) is 26.2 Å². The van der Waals surface area contributed by atoms with Crippen LogP contribution in [0.3, 0.4) is 0 Å². The minimum atomic E-state index is -4.21. The van der Waals surface area contributed by atoms with Crippen molar-refractivity contribution < 1.29 is 18.0 Å². The van der Waals surface area contributed by atoms with Crippen LogP contribution in [0, 0.1) is 13.8 Å². The predicted octanol–water partition coefficient (Wildman–Crippen LogP) is 6.40. The van der Waals surface area contributed by atoms with Crippen molar-refractivity contribution in [3.8, 4) is 0 Å². The third-order valence-corrected chi connectivity index (χ3v) is 8.88. The lowest BCUT2D eigenvalue weighted by atomic mass is 10.1. The van der Waals surface area contributed by atoms with Gasteiger partial charge in [0.15, 0.2) is 0 Å². The first-order chi connectivity index (χ1) is 18.7. The summed E-state index contributed by atoms with van der Waals surface area (Å²) < 4.78 is 29.0. The fraction of sp³-hybridized carbons (Fsp3) is 0.310. The molecule has 40 heavy (non-hydrogen) atoms. The number of carbonyl (C=O) groups excluding carboxylic acids is 2. The third-order valence-electron chi connectivity index (χ3n) is 6.28. The Kier molecular flexibility index (Phi) is 10.5. The molecule has 0 heterocycles. The molecule has 11 heteroatoms. The summed E-state index contributed by atoms with van der Waals surface area (Å²) in [6.07, 6.45) is 0. The van der Waals surface area contributed by atoms with Gasteiger partial charge in [-0.15, -0.1) is 0 Å². The minimum absolute atomic E-state index is 0.0168. The quantitative estimate of drug-likeness (QED) is 0.283. The maximum absolute atomic E-state index is 14.0. The molecule has 0 spiro atoms. The van der Waals surface area contributed by atoms with Crippen LogP contribution >= 0.6 is 34.8 Å². The van der Waals surface area contributed by atoms with Crippen LogP contribution in [0.2, 0.25) is 15.1 Å². The summed E-state index contributed by atoms with van der Waals surface area (Å²) in [5, 5.41) is 3.86. The molecular weight excluding hydrogens is 593 g/mol. The molecule has 3 aromatic rings. The number of rotatable bonds is 10. The minimum Gasteiger partial charge on any atom is -0.352 e. The number of aryl methyl sites for hydroxylation is 2. The Morgan fingerprint density at radius 3 is 2.08 bits per heavy atom. The van der Waals surface area contributed by atoms with E-state index in [0.717, 1.165) is 9.87 Å². The van der Waals surface area contributed by atoms with Crippen molar-refractivity contribution in [2.24, 2.45) is 0 Å². The predicted molar refractivity (Wildman–Crippen MR) is 162 cm³/mol. The van der Waals surface area contributed by atoms with E-state index in [1.54, 1.807) is 56.3 Å². The van der Waals surface area contributed by atoms with Crippen LogP contribution in [0.25, 0.3) is 0 Å². The molecule has 2 amide bonds. The second-order valence-electron chi connectivity index (χ2n) is 9.85. The molecule has 0 saturated carbocycles. The van der Waals surface area contributed by atoms with Crippen LogP contribution < -0.4 is 9.62 Å². The number of carbonyl (C=O) groups is 2. The zero-order valence-electron chi connectivity index (χ0n) is 22.9. The van der Waals surface area contributed by atoms with Crippen molar-refractivity contribution in [2.75, 3.05) is 10.8 Å². The molecule has 1 atom stereocenters. The second kappa shape index (κ2) is 13.3. The van der Waals surface area contributed by atoms with E-state index in [1.807, 2.05) is 20.8 Å². The molecule has 0 saturated heterocycles. The number of nitrogens with zero attached hydrogens (tertiary/aromatic N) is 2. The summed E-state index contributed by atoms with van der Waals surface area (Å²) in [5.74, 6) is -0.993. The lowest BCUT2D eigenvalue weighted by molar-refractivity contribution is -0.139. The number of sulfonamides is 1. The molecule has 0 aliphatic carbocycles. The molecule has 0 aromatic heterocycles. The standard InChI is InChI=1S/C29H32Cl3N3O4S/c1-18(2)33-29(37)21(5)34(16-22-9-11-23(30)14-26(22)32)28(36)17-35(27-15-24(31)10-8-20(27)4)40(38,39)25-12-6-19(3)7-13-25/h6-15,18,21H,16-17H2,1-5H3,(H,33,37). The smallest absolute Gasteiger partial charge is 0.264 e. The van der Waals surface area contributed by atoms with Crippen LogP contribution in [0.4, 0.5) is 5.69 Å². The highest BCUT2D eigenvalue weighted by Crippen LogP contribution is 2.30. The Labute approximate surface area is 251 Å². The molecule has 1 N–H and O–H groups in total. The van der Waals surface area contributed by atoms with E-state index < -0.39 is 28.5 Å². The van der Waals surface area contributed by atoms with Crippen molar-refractivity contribution >= 4 is 62.3 Å². The number of hydrogen-bond acceptors (Lipinski definition) is 4. The first-order valence-electron chi connectivity index (χ1n) is 12.6. The molecule has 0 bridgehead atoms. The Hall–Kier alpha value is -2.78. The summed E-state index contributed by atoms with van der Waals surface area (Å²) in [6, 6.07) is 14.9. The zero-order chi connectivity index (χ0) is 29.8. The van der Waals surface area contributed by atoms with E-state index in [9.17, 15) is 18.0 Å². The van der Waals surface area contributed by atoms with Gasteiger partial charge >= 0.3 is 0 Å². The van der Waals surface area contributed by atoms with Gasteiger partial charge in [-0.05, 0) is 82.1 Å². The number of halogens is 3. The van der Waals surface area contributed by atoms with Gasteiger partial charge in [-0.2, -0.15) is 0 Å². The highest BCUT2D eigenvalue weighted by atomic mass is 35.5. The molecular formula is C29H32Cl3N3O4S. The summed E-state index contributed by atoms with van der Waals surface area (Å²) >= 11 is 18.7. The lowest BCUT2D eigenvalue weighted by Gasteiger charge is -2.33. The third kappa shape index (κ3) is 7.69. The normalized spacial score (nSPS) is 12.2. The van der Waals surface area contributed by atoms with Crippen molar-refractivity contribution in [1.82, 2.24) is 10.2 Å². The Morgan fingerprint density at radius 2 is 1.48 bits per heavy atom. The number of hydrogen-bond donors (Lipinski definition) is 1. The van der Waals surface area contributed by atoms with E-state index in [4.69, 9.17) is 34.8 Å². The van der Waals surface area contributed by atoms with Crippen molar-refractivity contribution in [3.05, 3.63) is 92.4 Å². The highest BCUT2D eigenvalue weighted by Gasteiger charge is 2.33. The average Bonchev–Trinajstić information content (AvgIpc) is 2.87. The molecule has 0 aliphatic heterocycles. The lowest BCUT2D eigenvalue weighted by Crippen LogP contribution is -2.52. The monoisotopic (exact) mass is 623 g/mol. The number of anilines is 1. The van der Waals surface area contributed by atoms with Crippen LogP contribution in [0.1, 0.15) is 37.5 Å². The average molecular weight is 625 g/mol. The van der Waals surface area contributed by atoms with E-state index in [2.05, 4.69) is 5.32 Å². The number of amides is 2. The topological polar surface area (TPSA) is 86.8 Å². The van der Waals surface area contributed by atoms with Crippen molar-refractivity contribution in [3.63, 3.8) is 0 Å². The largest absolute Gasteiger partial charge is 0.352 e. The van der Waals surface area contributed by atoms with Crippen molar-refractivity contribution in [2.45, 2.75) is 58.1 Å². The summed E-state index contributed by atoms with van der Waals surface area (Å²) in [4.78, 5) is 28.4. The molecule has 3 aromatic carbocycles. The molecule has 214 valence electrons. The van der Waals surface area contributed by atoms with Gasteiger partial charge in [0.05, 0.1) is 10.6 Å². The molecule has 1 unspecified atom stereocenters. The van der Waals surface area contributed by atoms with E-state index in [-0.39, 0.29) is 29.1 Å². The maximum Gasteiger partial charge on any atom is 0.264 e. The molecule has 0 radical (unpaired) electrons. The van der Waals surface area contributed by atoms with Gasteiger partial charge in [0.2, 0.25) is 11.8 Å². The Balaban J connectivity index is 2.10. The van der Waals surface area contributed by atoms with E-state index in [0.29, 0.717) is 26.2 Å². The fourth-order valence-electron chi connectivity index (χ4n) is 4.02. The number of nitrogens with one attached hydrogen (secondary N) is 1. The Bertz CT molecular complexity index is 1490. The maximum atomic E-state index is 14.0. The van der Waals surface area contributed by atoms with Crippen LogP contribution in [0.5, 0.6) is 0 Å². The molecule has 0 fully saturated rings. The van der Waals surface area contributed by atoms with Gasteiger partial charge in [-0.1, -0.05) is 64.6 Å². The molecule has 7 nitrogen and oxygen atoms in total. The van der Waals surface area contributed by atoms with Gasteiger partial charge in [0, 0.05) is 27.7 Å². The van der Waals surface area contributed by atoms with Gasteiger partial charge in [-0.25, -0.2) is 8.42 Å². The fourth-order valence-corrected chi connectivity index (χ4v) is 6.13. The molecule has 0 aliphatic rings. The SMILES string of the molecule is Cc1ccc(S(=O)(=O)N(CC(=O)N(Cc2ccc(Cl)cc2Cl)C(C)C(=O)NC(C)C)c2cc(Cl)ccc2C)cc1. The number of benzene rings is 3. The van der Waals surface area contributed by atoms with Crippen LogP contribution in [0.15, 0.2) is 65.6 Å². The van der Waals surface area contributed by atoms with Crippen LogP contribution in [-0.4, -0.2) is 43.8 Å². The van der Waals surface area contributed by atoms with Gasteiger partial charge in [0.25, 0.3) is 10.0 Å². The molecule has 3 rings (SSSR count). The van der Waals surface area contributed by atoms with E-state index in [1.165, 1.54) is 23.1 Å². The second-order valence-corrected chi connectivity index (χ2v) is 13.0. The zero-order valence-corrected chi connectivity index (χ0v) is 26.0. The van der Waals surface area contributed by atoms with E-state index >= 15 is 0 Å². The van der Waals surface area contributed by atoms with Gasteiger partial charge < -0.3 is 10.2 Å². The first kappa shape index (κ1) is 31.7.